The average molecular weight is 364 g/mol. The first-order valence-corrected chi connectivity index (χ1v) is 9.11. The third-order valence-electron chi connectivity index (χ3n) is 3.65. The molecule has 0 spiro atoms. The SMILES string of the molecule is CCS(=O)(=O)n1cc(NC(=O)C2CC(c3ccccc3O)=NO2)cn1. The fourth-order valence-electron chi connectivity index (χ4n) is 2.27. The number of oxime groups is 1. The van der Waals surface area contributed by atoms with Gasteiger partial charge in [0.05, 0.1) is 29.5 Å². The van der Waals surface area contributed by atoms with Gasteiger partial charge in [0.2, 0.25) is 6.10 Å². The van der Waals surface area contributed by atoms with Crippen LogP contribution in [0.25, 0.3) is 0 Å². The number of benzene rings is 1. The number of nitrogens with one attached hydrogen (secondary N) is 1. The quantitative estimate of drug-likeness (QED) is 0.813. The number of anilines is 1. The molecule has 132 valence electrons. The summed E-state index contributed by atoms with van der Waals surface area (Å²) >= 11 is 0. The molecule has 0 bridgehead atoms. The second kappa shape index (κ2) is 6.55. The maximum absolute atomic E-state index is 12.2. The van der Waals surface area contributed by atoms with Crippen LogP contribution < -0.4 is 5.32 Å². The highest BCUT2D eigenvalue weighted by atomic mass is 32.2. The first kappa shape index (κ1) is 17.0. The van der Waals surface area contributed by atoms with Gasteiger partial charge in [-0.2, -0.15) is 9.19 Å². The molecule has 3 rings (SSSR count). The molecular weight excluding hydrogens is 348 g/mol. The maximum Gasteiger partial charge on any atom is 0.268 e. The van der Waals surface area contributed by atoms with Crippen molar-refractivity contribution in [3.63, 3.8) is 0 Å². The Morgan fingerprint density at radius 3 is 2.92 bits per heavy atom. The molecule has 2 N–H and O–H groups in total. The molecule has 10 heteroatoms. The molecule has 9 nitrogen and oxygen atoms in total. The van der Waals surface area contributed by atoms with Crippen molar-refractivity contribution in [2.75, 3.05) is 11.1 Å². The van der Waals surface area contributed by atoms with Gasteiger partial charge in [0.1, 0.15) is 5.75 Å². The summed E-state index contributed by atoms with van der Waals surface area (Å²) in [5, 5.41) is 19.9. The van der Waals surface area contributed by atoms with Crippen LogP contribution in [0.5, 0.6) is 5.75 Å². The number of amides is 1. The molecule has 0 saturated carbocycles. The third-order valence-corrected chi connectivity index (χ3v) is 5.15. The Morgan fingerprint density at radius 2 is 2.20 bits per heavy atom. The minimum atomic E-state index is -3.51. The number of hydrogen-bond acceptors (Lipinski definition) is 7. The molecule has 0 saturated heterocycles. The summed E-state index contributed by atoms with van der Waals surface area (Å²) in [7, 11) is -3.51. The summed E-state index contributed by atoms with van der Waals surface area (Å²) in [5.41, 5.74) is 1.20. The second-order valence-corrected chi connectivity index (χ2v) is 7.46. The van der Waals surface area contributed by atoms with Gasteiger partial charge in [0.25, 0.3) is 15.9 Å². The molecule has 1 unspecified atom stereocenters. The van der Waals surface area contributed by atoms with E-state index in [1.165, 1.54) is 25.4 Å². The molecule has 0 fully saturated rings. The van der Waals surface area contributed by atoms with Crippen molar-refractivity contribution in [2.24, 2.45) is 5.16 Å². The molecule has 0 radical (unpaired) electrons. The molecule has 1 aliphatic rings. The summed E-state index contributed by atoms with van der Waals surface area (Å²) in [6.45, 7) is 1.50. The second-order valence-electron chi connectivity index (χ2n) is 5.34. The Balaban J connectivity index is 1.65. The zero-order chi connectivity index (χ0) is 18.0. The number of hydrogen-bond donors (Lipinski definition) is 2. The molecule has 1 aliphatic heterocycles. The number of carbonyl (C=O) groups is 1. The minimum absolute atomic E-state index is 0.0527. The van der Waals surface area contributed by atoms with Crippen LogP contribution in [0.15, 0.2) is 41.8 Å². The highest BCUT2D eigenvalue weighted by Gasteiger charge is 2.30. The number of para-hydroxylation sites is 1. The summed E-state index contributed by atoms with van der Waals surface area (Å²) < 4.78 is 24.2. The summed E-state index contributed by atoms with van der Waals surface area (Å²) in [4.78, 5) is 17.4. The first-order chi connectivity index (χ1) is 11.9. The fourth-order valence-corrected chi connectivity index (χ4v) is 3.00. The van der Waals surface area contributed by atoms with Gasteiger partial charge in [-0.15, -0.1) is 0 Å². The number of phenols is 1. The van der Waals surface area contributed by atoms with E-state index in [1.54, 1.807) is 18.2 Å². The Labute approximate surface area is 144 Å². The van der Waals surface area contributed by atoms with Crippen molar-refractivity contribution in [3.05, 3.63) is 42.2 Å². The predicted octanol–water partition coefficient (Wildman–Crippen LogP) is 0.918. The number of aromatic hydroxyl groups is 1. The number of aromatic nitrogens is 2. The van der Waals surface area contributed by atoms with Gasteiger partial charge in [0, 0.05) is 12.0 Å². The Morgan fingerprint density at radius 1 is 1.44 bits per heavy atom. The predicted molar refractivity (Wildman–Crippen MR) is 89.8 cm³/mol. The zero-order valence-corrected chi connectivity index (χ0v) is 14.1. The Hall–Kier alpha value is -2.88. The van der Waals surface area contributed by atoms with E-state index < -0.39 is 22.0 Å². The molecule has 25 heavy (non-hydrogen) atoms. The van der Waals surface area contributed by atoms with E-state index in [9.17, 15) is 18.3 Å². The van der Waals surface area contributed by atoms with E-state index in [1.807, 2.05) is 0 Å². The minimum Gasteiger partial charge on any atom is -0.507 e. The van der Waals surface area contributed by atoms with E-state index in [4.69, 9.17) is 4.84 Å². The van der Waals surface area contributed by atoms with Crippen LogP contribution in [0.4, 0.5) is 5.69 Å². The van der Waals surface area contributed by atoms with Gasteiger partial charge in [-0.3, -0.25) is 4.79 Å². The van der Waals surface area contributed by atoms with Gasteiger partial charge >= 0.3 is 0 Å². The highest BCUT2D eigenvalue weighted by Crippen LogP contribution is 2.24. The number of carbonyl (C=O) groups excluding carboxylic acids is 1. The van der Waals surface area contributed by atoms with Gasteiger partial charge in [-0.05, 0) is 19.1 Å². The van der Waals surface area contributed by atoms with E-state index in [2.05, 4.69) is 15.6 Å². The van der Waals surface area contributed by atoms with E-state index in [0.717, 1.165) is 4.09 Å². The monoisotopic (exact) mass is 364 g/mol. The number of rotatable bonds is 5. The van der Waals surface area contributed by atoms with E-state index in [0.29, 0.717) is 11.3 Å². The lowest BCUT2D eigenvalue weighted by molar-refractivity contribution is -0.125. The van der Waals surface area contributed by atoms with E-state index in [-0.39, 0.29) is 23.6 Å². The topological polar surface area (TPSA) is 123 Å². The van der Waals surface area contributed by atoms with Gasteiger partial charge < -0.3 is 15.3 Å². The lowest BCUT2D eigenvalue weighted by Gasteiger charge is -2.07. The van der Waals surface area contributed by atoms with Crippen molar-refractivity contribution in [2.45, 2.75) is 19.4 Å². The van der Waals surface area contributed by atoms with E-state index >= 15 is 0 Å². The van der Waals surface area contributed by atoms with Crippen LogP contribution in [-0.4, -0.2) is 46.2 Å². The van der Waals surface area contributed by atoms with Gasteiger partial charge in [-0.25, -0.2) is 8.42 Å². The zero-order valence-electron chi connectivity index (χ0n) is 13.3. The van der Waals surface area contributed by atoms with Gasteiger partial charge in [-0.1, -0.05) is 17.3 Å². The lowest BCUT2D eigenvalue weighted by Crippen LogP contribution is -2.28. The van der Waals surface area contributed by atoms with Crippen LogP contribution in [-0.2, 0) is 19.7 Å². The standard InChI is InChI=1S/C15H16N4O5S/c1-2-25(22,23)19-9-10(8-16-19)17-15(21)14-7-12(18-24-14)11-5-3-4-6-13(11)20/h3-6,8-9,14,20H,2,7H2,1H3,(H,17,21). The van der Waals surface area contributed by atoms with Gasteiger partial charge in [0.15, 0.2) is 0 Å². The molecular formula is C15H16N4O5S. The Kier molecular flexibility index (Phi) is 4.45. The normalized spacial score (nSPS) is 17.0. The molecule has 1 atom stereocenters. The van der Waals surface area contributed by atoms with Crippen molar-refractivity contribution in [3.8, 4) is 5.75 Å². The molecule has 1 amide bonds. The summed E-state index contributed by atoms with van der Waals surface area (Å²) in [6.07, 6.45) is 1.77. The largest absolute Gasteiger partial charge is 0.507 e. The molecule has 1 aromatic carbocycles. The van der Waals surface area contributed by atoms with Crippen LogP contribution >= 0.6 is 0 Å². The maximum atomic E-state index is 12.2. The smallest absolute Gasteiger partial charge is 0.268 e. The number of phenolic OH excluding ortho intramolecular Hbond substituents is 1. The summed E-state index contributed by atoms with van der Waals surface area (Å²) in [6, 6.07) is 6.63. The van der Waals surface area contributed by atoms with Crippen LogP contribution in [0.2, 0.25) is 0 Å². The van der Waals surface area contributed by atoms with Crippen molar-refractivity contribution in [1.82, 2.24) is 9.19 Å². The van der Waals surface area contributed by atoms with Crippen LogP contribution in [0, 0.1) is 0 Å². The van der Waals surface area contributed by atoms with Crippen molar-refractivity contribution < 1.29 is 23.2 Å². The molecule has 2 aromatic rings. The van der Waals surface area contributed by atoms with Crippen LogP contribution in [0.1, 0.15) is 18.9 Å². The molecule has 0 aliphatic carbocycles. The third kappa shape index (κ3) is 3.48. The van der Waals surface area contributed by atoms with Crippen molar-refractivity contribution in [1.29, 1.82) is 0 Å². The average Bonchev–Trinajstić information content (AvgIpc) is 3.25. The molecule has 2 heterocycles. The first-order valence-electron chi connectivity index (χ1n) is 7.50. The van der Waals surface area contributed by atoms with Crippen LogP contribution in [0.3, 0.4) is 0 Å². The molecule has 1 aromatic heterocycles. The Bertz CT molecular complexity index is 935. The lowest BCUT2D eigenvalue weighted by atomic mass is 10.0. The highest BCUT2D eigenvalue weighted by molar-refractivity contribution is 7.89. The number of nitrogens with zero attached hydrogens (tertiary/aromatic N) is 3. The summed E-state index contributed by atoms with van der Waals surface area (Å²) in [5.74, 6) is -0.537. The van der Waals surface area contributed by atoms with Crippen molar-refractivity contribution >= 4 is 27.3 Å². The fraction of sp³-hybridized carbons (Fsp3) is 0.267.